The lowest BCUT2D eigenvalue weighted by molar-refractivity contribution is 0.281. The number of hydrogen-bond donors (Lipinski definition) is 2. The summed E-state index contributed by atoms with van der Waals surface area (Å²) in [5, 5.41) is 12.2. The molecule has 0 aliphatic carbocycles. The molecule has 0 fully saturated rings. The van der Waals surface area contributed by atoms with Crippen molar-refractivity contribution in [2.75, 3.05) is 13.1 Å². The van der Waals surface area contributed by atoms with Crippen LogP contribution < -0.4 is 5.32 Å². The van der Waals surface area contributed by atoms with E-state index < -0.39 is 0 Å². The van der Waals surface area contributed by atoms with Gasteiger partial charge >= 0.3 is 0 Å². The Morgan fingerprint density at radius 3 is 2.77 bits per heavy atom. The van der Waals surface area contributed by atoms with Gasteiger partial charge in [0, 0.05) is 0 Å². The standard InChI is InChI=1S/C11H17NO/c1-2-12-7-6-10-4-3-5-11(8-10)9-13/h3-5,8,12-13H,2,6-7,9H2,1H3. The third-order valence-electron chi connectivity index (χ3n) is 2.01. The van der Waals surface area contributed by atoms with Gasteiger partial charge in [0.2, 0.25) is 0 Å². The molecule has 0 radical (unpaired) electrons. The SMILES string of the molecule is CCNCCc1cccc(CO)c1. The number of rotatable bonds is 5. The summed E-state index contributed by atoms with van der Waals surface area (Å²) in [7, 11) is 0. The normalized spacial score (nSPS) is 10.3. The van der Waals surface area contributed by atoms with Gasteiger partial charge in [0.25, 0.3) is 0 Å². The molecule has 0 aliphatic rings. The van der Waals surface area contributed by atoms with Crippen molar-refractivity contribution in [3.63, 3.8) is 0 Å². The fourth-order valence-corrected chi connectivity index (χ4v) is 1.29. The van der Waals surface area contributed by atoms with E-state index in [2.05, 4.69) is 24.4 Å². The van der Waals surface area contributed by atoms with E-state index in [-0.39, 0.29) is 6.61 Å². The molecule has 0 saturated heterocycles. The smallest absolute Gasteiger partial charge is 0.0681 e. The first-order chi connectivity index (χ1) is 6.36. The molecule has 0 amide bonds. The number of aliphatic hydroxyl groups excluding tert-OH is 1. The van der Waals surface area contributed by atoms with E-state index in [1.165, 1.54) is 5.56 Å². The Morgan fingerprint density at radius 1 is 1.31 bits per heavy atom. The van der Waals surface area contributed by atoms with Gasteiger partial charge in [-0.2, -0.15) is 0 Å². The van der Waals surface area contributed by atoms with Crippen LogP contribution in [0.4, 0.5) is 0 Å². The second-order valence-corrected chi connectivity index (χ2v) is 3.08. The molecule has 0 unspecified atom stereocenters. The van der Waals surface area contributed by atoms with Crippen molar-refractivity contribution < 1.29 is 5.11 Å². The first kappa shape index (κ1) is 10.2. The van der Waals surface area contributed by atoms with Crippen LogP contribution in [0.5, 0.6) is 0 Å². The first-order valence-corrected chi connectivity index (χ1v) is 4.76. The highest BCUT2D eigenvalue weighted by Gasteiger charge is 1.94. The van der Waals surface area contributed by atoms with Crippen LogP contribution in [0.1, 0.15) is 18.1 Å². The fraction of sp³-hybridized carbons (Fsp3) is 0.455. The zero-order valence-corrected chi connectivity index (χ0v) is 8.09. The number of aliphatic hydroxyl groups is 1. The average molecular weight is 179 g/mol. The molecule has 1 rings (SSSR count). The molecule has 0 aromatic heterocycles. The Hall–Kier alpha value is -0.860. The van der Waals surface area contributed by atoms with Crippen LogP contribution in [-0.4, -0.2) is 18.2 Å². The van der Waals surface area contributed by atoms with Crippen molar-refractivity contribution >= 4 is 0 Å². The lowest BCUT2D eigenvalue weighted by Crippen LogP contribution is -2.16. The van der Waals surface area contributed by atoms with E-state index in [4.69, 9.17) is 5.11 Å². The highest BCUT2D eigenvalue weighted by molar-refractivity contribution is 5.23. The fourth-order valence-electron chi connectivity index (χ4n) is 1.29. The van der Waals surface area contributed by atoms with Crippen molar-refractivity contribution in [2.45, 2.75) is 20.0 Å². The van der Waals surface area contributed by atoms with Gasteiger partial charge in [0.1, 0.15) is 0 Å². The first-order valence-electron chi connectivity index (χ1n) is 4.76. The number of likely N-dealkylation sites (N-methyl/N-ethyl adjacent to an activating group) is 1. The van der Waals surface area contributed by atoms with Gasteiger partial charge in [-0.3, -0.25) is 0 Å². The lowest BCUT2D eigenvalue weighted by Gasteiger charge is -2.03. The van der Waals surface area contributed by atoms with Crippen LogP contribution >= 0.6 is 0 Å². The molecule has 1 aromatic carbocycles. The largest absolute Gasteiger partial charge is 0.392 e. The van der Waals surface area contributed by atoms with Crippen LogP contribution in [0.25, 0.3) is 0 Å². The van der Waals surface area contributed by atoms with Gasteiger partial charge in [0.05, 0.1) is 6.61 Å². The Balaban J connectivity index is 2.46. The van der Waals surface area contributed by atoms with Crippen molar-refractivity contribution in [3.05, 3.63) is 35.4 Å². The molecule has 0 aliphatic heterocycles. The highest BCUT2D eigenvalue weighted by Crippen LogP contribution is 2.05. The minimum atomic E-state index is 0.134. The Bertz CT molecular complexity index is 248. The molecule has 1 aromatic rings. The highest BCUT2D eigenvalue weighted by atomic mass is 16.3. The van der Waals surface area contributed by atoms with Crippen LogP contribution in [0.3, 0.4) is 0 Å². The Morgan fingerprint density at radius 2 is 2.08 bits per heavy atom. The van der Waals surface area contributed by atoms with E-state index in [0.717, 1.165) is 25.1 Å². The molecule has 2 heteroatoms. The summed E-state index contributed by atoms with van der Waals surface area (Å²) in [6.45, 7) is 4.25. The van der Waals surface area contributed by atoms with Gasteiger partial charge < -0.3 is 10.4 Å². The maximum atomic E-state index is 8.92. The number of benzene rings is 1. The maximum Gasteiger partial charge on any atom is 0.0681 e. The molecule has 13 heavy (non-hydrogen) atoms. The second-order valence-electron chi connectivity index (χ2n) is 3.08. The average Bonchev–Trinajstić information content (AvgIpc) is 2.19. The lowest BCUT2D eigenvalue weighted by atomic mass is 10.1. The third-order valence-corrected chi connectivity index (χ3v) is 2.01. The quantitative estimate of drug-likeness (QED) is 0.668. The molecular formula is C11H17NO. The zero-order chi connectivity index (χ0) is 9.52. The molecule has 0 atom stereocenters. The minimum Gasteiger partial charge on any atom is -0.392 e. The Kier molecular flexibility index (Phi) is 4.50. The van der Waals surface area contributed by atoms with Gasteiger partial charge in [-0.25, -0.2) is 0 Å². The third kappa shape index (κ3) is 3.57. The van der Waals surface area contributed by atoms with E-state index in [1.54, 1.807) is 0 Å². The Labute approximate surface area is 79.6 Å². The molecule has 0 saturated carbocycles. The minimum absolute atomic E-state index is 0.134. The van der Waals surface area contributed by atoms with Crippen molar-refractivity contribution in [3.8, 4) is 0 Å². The summed E-state index contributed by atoms with van der Waals surface area (Å²) in [5.41, 5.74) is 2.28. The molecular weight excluding hydrogens is 162 g/mol. The molecule has 0 heterocycles. The van der Waals surface area contributed by atoms with Gasteiger partial charge in [-0.15, -0.1) is 0 Å². The van der Waals surface area contributed by atoms with Gasteiger partial charge in [0.15, 0.2) is 0 Å². The number of hydrogen-bond acceptors (Lipinski definition) is 2. The summed E-state index contributed by atoms with van der Waals surface area (Å²) in [5.74, 6) is 0. The van der Waals surface area contributed by atoms with Gasteiger partial charge in [-0.1, -0.05) is 31.2 Å². The van der Waals surface area contributed by atoms with E-state index in [9.17, 15) is 0 Å². The van der Waals surface area contributed by atoms with Crippen molar-refractivity contribution in [2.24, 2.45) is 0 Å². The molecule has 0 bridgehead atoms. The van der Waals surface area contributed by atoms with Gasteiger partial charge in [-0.05, 0) is 30.6 Å². The van der Waals surface area contributed by atoms with E-state index in [1.807, 2.05) is 12.1 Å². The van der Waals surface area contributed by atoms with Crippen LogP contribution in [0.15, 0.2) is 24.3 Å². The topological polar surface area (TPSA) is 32.3 Å². The summed E-state index contributed by atoms with van der Waals surface area (Å²) >= 11 is 0. The van der Waals surface area contributed by atoms with Crippen LogP contribution in [-0.2, 0) is 13.0 Å². The molecule has 72 valence electrons. The van der Waals surface area contributed by atoms with Crippen LogP contribution in [0, 0.1) is 0 Å². The monoisotopic (exact) mass is 179 g/mol. The summed E-state index contributed by atoms with van der Waals surface area (Å²) in [6.07, 6.45) is 1.03. The predicted molar refractivity (Wildman–Crippen MR) is 54.6 cm³/mol. The summed E-state index contributed by atoms with van der Waals surface area (Å²) < 4.78 is 0. The van der Waals surface area contributed by atoms with Crippen molar-refractivity contribution in [1.29, 1.82) is 0 Å². The second kappa shape index (κ2) is 5.73. The molecule has 0 spiro atoms. The maximum absolute atomic E-state index is 8.92. The van der Waals surface area contributed by atoms with Crippen molar-refractivity contribution in [1.82, 2.24) is 5.32 Å². The predicted octanol–water partition coefficient (Wildman–Crippen LogP) is 1.33. The summed E-state index contributed by atoms with van der Waals surface area (Å²) in [4.78, 5) is 0. The van der Waals surface area contributed by atoms with E-state index >= 15 is 0 Å². The molecule has 2 nitrogen and oxygen atoms in total. The van der Waals surface area contributed by atoms with Crippen LogP contribution in [0.2, 0.25) is 0 Å². The summed E-state index contributed by atoms with van der Waals surface area (Å²) in [6, 6.07) is 8.08. The molecule has 2 N–H and O–H groups in total. The number of nitrogens with one attached hydrogen (secondary N) is 1. The van der Waals surface area contributed by atoms with E-state index in [0.29, 0.717) is 0 Å². The zero-order valence-electron chi connectivity index (χ0n) is 8.09.